The highest BCUT2D eigenvalue weighted by Crippen LogP contribution is 2.62. The van der Waals surface area contributed by atoms with Gasteiger partial charge in [0.1, 0.15) is 6.10 Å². The second kappa shape index (κ2) is 8.27. The van der Waals surface area contributed by atoms with Gasteiger partial charge in [0.2, 0.25) is 0 Å². The van der Waals surface area contributed by atoms with Crippen molar-refractivity contribution >= 4 is 16.1 Å². The van der Waals surface area contributed by atoms with Gasteiger partial charge < -0.3 is 4.74 Å². The average Bonchev–Trinajstić information content (AvgIpc) is 2.62. The predicted octanol–water partition coefficient (Wildman–Crippen LogP) is 4.37. The first-order valence-corrected chi connectivity index (χ1v) is 12.8. The molecule has 168 valence electrons. The Labute approximate surface area is 181 Å². The van der Waals surface area contributed by atoms with E-state index in [9.17, 15) is 18.5 Å². The predicted molar refractivity (Wildman–Crippen MR) is 114 cm³/mol. The maximum Gasteiger partial charge on any atom is 0.302 e. The van der Waals surface area contributed by atoms with Crippen molar-refractivity contribution in [2.45, 2.75) is 84.8 Å². The lowest BCUT2D eigenvalue weighted by Gasteiger charge is -2.59. The van der Waals surface area contributed by atoms with E-state index in [0.717, 1.165) is 44.8 Å². The maximum absolute atomic E-state index is 11.8. The first-order valence-electron chi connectivity index (χ1n) is 11.0. The van der Waals surface area contributed by atoms with Crippen LogP contribution in [0, 0.1) is 39.9 Å². The third kappa shape index (κ3) is 4.31. The third-order valence-corrected chi connectivity index (χ3v) is 9.03. The minimum Gasteiger partial charge on any atom is -0.462 e. The van der Waals surface area contributed by atoms with Gasteiger partial charge >= 0.3 is 5.97 Å². The molecule has 7 heteroatoms. The number of hydrogen-bond donors (Lipinski definition) is 0. The van der Waals surface area contributed by atoms with Crippen LogP contribution in [0.25, 0.3) is 0 Å². The van der Waals surface area contributed by atoms with Crippen LogP contribution in [0.3, 0.4) is 0 Å². The van der Waals surface area contributed by atoms with Gasteiger partial charge in [0.05, 0.1) is 18.4 Å². The second-order valence-corrected chi connectivity index (χ2v) is 11.7. The summed E-state index contributed by atoms with van der Waals surface area (Å²) in [6.45, 7) is 7.73. The van der Waals surface area contributed by atoms with E-state index in [1.165, 1.54) is 12.5 Å². The van der Waals surface area contributed by atoms with Crippen molar-refractivity contribution < 1.29 is 22.1 Å². The summed E-state index contributed by atoms with van der Waals surface area (Å²) in [5.41, 5.74) is 1.08. The molecule has 7 atom stereocenters. The van der Waals surface area contributed by atoms with Gasteiger partial charge in [-0.3, -0.25) is 8.98 Å². The summed E-state index contributed by atoms with van der Waals surface area (Å²) in [6.07, 6.45) is 8.67. The molecule has 0 radical (unpaired) electrons. The normalized spacial score (nSPS) is 39.7. The van der Waals surface area contributed by atoms with Gasteiger partial charge in [0.25, 0.3) is 10.1 Å². The van der Waals surface area contributed by atoms with Crippen molar-refractivity contribution in [3.63, 3.8) is 0 Å². The highest BCUT2D eigenvalue weighted by Gasteiger charge is 2.56. The molecule has 0 aromatic heterocycles. The lowest BCUT2D eigenvalue weighted by Crippen LogP contribution is -2.54. The number of allylic oxidation sites excluding steroid dienone is 1. The van der Waals surface area contributed by atoms with Crippen LogP contribution in [0.15, 0.2) is 11.6 Å². The van der Waals surface area contributed by atoms with E-state index in [4.69, 9.17) is 8.92 Å². The molecule has 6 nitrogen and oxygen atoms in total. The van der Waals surface area contributed by atoms with Crippen LogP contribution in [0.4, 0.5) is 0 Å². The maximum atomic E-state index is 11.8. The van der Waals surface area contributed by atoms with E-state index in [-0.39, 0.29) is 28.8 Å². The van der Waals surface area contributed by atoms with E-state index in [1.807, 2.05) is 6.92 Å². The highest BCUT2D eigenvalue weighted by atomic mass is 32.2. The Balaban J connectivity index is 1.89. The lowest BCUT2D eigenvalue weighted by molar-refractivity contribution is -0.149. The second-order valence-electron chi connectivity index (χ2n) is 10.1. The molecule has 0 spiro atoms. The molecular formula is C23H35NO5S. The number of esters is 1. The number of carbonyl (C=O) groups excluding carboxylic acids is 1. The molecule has 0 heterocycles. The lowest BCUT2D eigenvalue weighted by atomic mass is 9.46. The fourth-order valence-electron chi connectivity index (χ4n) is 6.67. The monoisotopic (exact) mass is 437 g/mol. The van der Waals surface area contributed by atoms with Crippen molar-refractivity contribution in [1.29, 1.82) is 5.26 Å². The van der Waals surface area contributed by atoms with E-state index < -0.39 is 16.2 Å². The van der Waals surface area contributed by atoms with Crippen LogP contribution in [0.5, 0.6) is 0 Å². The molecule has 2 fully saturated rings. The van der Waals surface area contributed by atoms with Crippen LogP contribution >= 0.6 is 0 Å². The number of nitrogens with zero attached hydrogens (tertiary/aromatic N) is 1. The molecule has 0 aliphatic heterocycles. The van der Waals surface area contributed by atoms with Gasteiger partial charge in [-0.05, 0) is 67.6 Å². The smallest absolute Gasteiger partial charge is 0.302 e. The summed E-state index contributed by atoms with van der Waals surface area (Å²) in [6, 6.07) is 2.37. The number of nitriles is 1. The summed E-state index contributed by atoms with van der Waals surface area (Å²) in [4.78, 5) is 11.4. The minimum atomic E-state index is -3.56. The molecule has 0 aromatic carbocycles. The Morgan fingerprint density at radius 3 is 2.63 bits per heavy atom. The largest absolute Gasteiger partial charge is 0.462 e. The quantitative estimate of drug-likeness (QED) is 0.360. The number of fused-ring (bicyclic) bond motifs is 3. The van der Waals surface area contributed by atoms with Crippen LogP contribution in [0.2, 0.25) is 0 Å². The standard InChI is InChI=1S/C23H35NO5S/c1-15(29-30(5,26)27)22(3)12-9-20-19(21(22)10-13-24)7-6-17-14-18(28-16(2)25)8-11-23(17,20)4/h6,15,18-21H,7-12,14H2,1-5H3/t15-,18-,19+,20-,21?,22+,23-/m0/s1. The molecule has 30 heavy (non-hydrogen) atoms. The summed E-state index contributed by atoms with van der Waals surface area (Å²) < 4.78 is 34.5. The minimum absolute atomic E-state index is 0.0367. The molecular weight excluding hydrogens is 402 g/mol. The highest BCUT2D eigenvalue weighted by molar-refractivity contribution is 7.86. The van der Waals surface area contributed by atoms with Crippen LogP contribution in [-0.2, 0) is 23.8 Å². The molecule has 3 rings (SSSR count). The summed E-state index contributed by atoms with van der Waals surface area (Å²) in [7, 11) is -3.56. The van der Waals surface area contributed by atoms with Crippen molar-refractivity contribution in [1.82, 2.24) is 0 Å². The average molecular weight is 438 g/mol. The first-order chi connectivity index (χ1) is 13.9. The topological polar surface area (TPSA) is 93.5 Å². The Morgan fingerprint density at radius 1 is 1.33 bits per heavy atom. The van der Waals surface area contributed by atoms with E-state index in [1.54, 1.807) is 0 Å². The first kappa shape index (κ1) is 23.3. The number of carbonyl (C=O) groups is 1. The number of hydrogen-bond acceptors (Lipinski definition) is 6. The Morgan fingerprint density at radius 2 is 2.03 bits per heavy atom. The van der Waals surface area contributed by atoms with Gasteiger partial charge in [-0.2, -0.15) is 13.7 Å². The summed E-state index contributed by atoms with van der Waals surface area (Å²) in [5.74, 6) is 0.639. The molecule has 1 unspecified atom stereocenters. The van der Waals surface area contributed by atoms with E-state index in [0.29, 0.717) is 18.3 Å². The van der Waals surface area contributed by atoms with E-state index >= 15 is 0 Å². The third-order valence-electron chi connectivity index (χ3n) is 8.39. The molecule has 0 bridgehead atoms. The van der Waals surface area contributed by atoms with Gasteiger partial charge in [-0.25, -0.2) is 0 Å². The molecule has 0 amide bonds. The van der Waals surface area contributed by atoms with Gasteiger partial charge in [-0.1, -0.05) is 25.5 Å². The Bertz CT molecular complexity index is 859. The van der Waals surface area contributed by atoms with Crippen molar-refractivity contribution in [3.05, 3.63) is 11.6 Å². The van der Waals surface area contributed by atoms with Crippen molar-refractivity contribution in [2.75, 3.05) is 6.26 Å². The zero-order valence-electron chi connectivity index (χ0n) is 18.8. The van der Waals surface area contributed by atoms with Gasteiger partial charge in [0, 0.05) is 19.8 Å². The van der Waals surface area contributed by atoms with Gasteiger partial charge in [0.15, 0.2) is 0 Å². The van der Waals surface area contributed by atoms with Crippen molar-refractivity contribution in [2.24, 2.45) is 28.6 Å². The SMILES string of the molecule is CC(=O)O[C@H]1CC[C@@]2(C)C(=CC[C@H]3C(CC#N)[C@@](C)([C@H](C)OS(C)(=O)=O)CC[C@@H]32)C1. The molecule has 0 aromatic rings. The van der Waals surface area contributed by atoms with Crippen molar-refractivity contribution in [3.8, 4) is 6.07 Å². The summed E-state index contributed by atoms with van der Waals surface area (Å²) in [5, 5.41) is 9.60. The van der Waals surface area contributed by atoms with Crippen LogP contribution < -0.4 is 0 Å². The molecule has 3 aliphatic carbocycles. The molecule has 3 aliphatic rings. The molecule has 0 saturated heterocycles. The zero-order chi connectivity index (χ0) is 22.3. The fourth-order valence-corrected chi connectivity index (χ4v) is 7.41. The van der Waals surface area contributed by atoms with Crippen LogP contribution in [0.1, 0.15) is 72.6 Å². The van der Waals surface area contributed by atoms with Gasteiger partial charge in [-0.15, -0.1) is 0 Å². The van der Waals surface area contributed by atoms with E-state index in [2.05, 4.69) is 26.0 Å². The summed E-state index contributed by atoms with van der Waals surface area (Å²) >= 11 is 0. The van der Waals surface area contributed by atoms with Crippen LogP contribution in [-0.4, -0.2) is 32.9 Å². The molecule has 0 N–H and O–H groups in total. The fraction of sp³-hybridized carbons (Fsp3) is 0.826. The molecule has 2 saturated carbocycles. The number of rotatable bonds is 5. The Kier molecular flexibility index (Phi) is 6.42. The Hall–Kier alpha value is -1.39. The number of ether oxygens (including phenoxy) is 1. The zero-order valence-corrected chi connectivity index (χ0v) is 19.6.